The SMILES string of the molecule is COc1cccc(N2CCN(C(=O)CN3C(=O)N[C@]4(CCCC[C@H]4C)C3=O)CC2)c1. The minimum absolute atomic E-state index is 0.0919. The van der Waals surface area contributed by atoms with Crippen LogP contribution in [0.3, 0.4) is 0 Å². The van der Waals surface area contributed by atoms with Gasteiger partial charge in [-0.05, 0) is 30.9 Å². The van der Waals surface area contributed by atoms with E-state index in [0.29, 0.717) is 32.6 Å². The molecule has 4 rings (SSSR count). The van der Waals surface area contributed by atoms with Crippen LogP contribution in [0, 0.1) is 5.92 Å². The molecule has 1 aliphatic carbocycles. The number of nitrogens with zero attached hydrogens (tertiary/aromatic N) is 3. The molecule has 1 aromatic rings. The van der Waals surface area contributed by atoms with E-state index in [0.717, 1.165) is 35.6 Å². The topological polar surface area (TPSA) is 82.2 Å². The van der Waals surface area contributed by atoms with Gasteiger partial charge in [-0.2, -0.15) is 0 Å². The Bertz CT molecular complexity index is 836. The fraction of sp³-hybridized carbons (Fsp3) is 0.591. The maximum Gasteiger partial charge on any atom is 0.325 e. The smallest absolute Gasteiger partial charge is 0.325 e. The molecule has 8 nitrogen and oxygen atoms in total. The molecule has 2 saturated heterocycles. The molecule has 162 valence electrons. The summed E-state index contributed by atoms with van der Waals surface area (Å²) in [6, 6.07) is 7.43. The molecule has 1 saturated carbocycles. The Morgan fingerprint density at radius 1 is 1.20 bits per heavy atom. The quantitative estimate of drug-likeness (QED) is 0.761. The highest BCUT2D eigenvalue weighted by Crippen LogP contribution is 2.38. The first-order valence-corrected chi connectivity index (χ1v) is 10.8. The van der Waals surface area contributed by atoms with Crippen LogP contribution >= 0.6 is 0 Å². The predicted octanol–water partition coefficient (Wildman–Crippen LogP) is 1.84. The van der Waals surface area contributed by atoms with Crippen LogP contribution in [0.15, 0.2) is 24.3 Å². The Morgan fingerprint density at radius 2 is 1.97 bits per heavy atom. The van der Waals surface area contributed by atoms with Gasteiger partial charge in [0.25, 0.3) is 5.91 Å². The number of nitrogens with one attached hydrogen (secondary N) is 1. The number of rotatable bonds is 4. The van der Waals surface area contributed by atoms with Crippen molar-refractivity contribution in [2.45, 2.75) is 38.1 Å². The van der Waals surface area contributed by atoms with E-state index >= 15 is 0 Å². The standard InChI is InChI=1S/C22H30N4O4/c1-16-6-3-4-9-22(16)20(28)26(21(29)23-22)15-19(27)25-12-10-24(11-13-25)17-7-5-8-18(14-17)30-2/h5,7-8,14,16H,3-4,6,9-13,15H2,1-2H3,(H,23,29)/t16-,22+/m1/s1. The van der Waals surface area contributed by atoms with Crippen molar-refractivity contribution in [3.63, 3.8) is 0 Å². The van der Waals surface area contributed by atoms with Crippen LogP contribution in [0.25, 0.3) is 0 Å². The number of hydrogen-bond donors (Lipinski definition) is 1. The van der Waals surface area contributed by atoms with E-state index in [1.54, 1.807) is 12.0 Å². The van der Waals surface area contributed by atoms with Gasteiger partial charge in [0, 0.05) is 37.9 Å². The lowest BCUT2D eigenvalue weighted by Gasteiger charge is -2.37. The van der Waals surface area contributed by atoms with Crippen molar-refractivity contribution in [2.24, 2.45) is 5.92 Å². The number of carbonyl (C=O) groups excluding carboxylic acids is 3. The van der Waals surface area contributed by atoms with E-state index in [9.17, 15) is 14.4 Å². The van der Waals surface area contributed by atoms with Crippen molar-refractivity contribution in [3.8, 4) is 5.75 Å². The predicted molar refractivity (Wildman–Crippen MR) is 112 cm³/mol. The summed E-state index contributed by atoms with van der Waals surface area (Å²) >= 11 is 0. The highest BCUT2D eigenvalue weighted by molar-refractivity contribution is 6.09. The summed E-state index contributed by atoms with van der Waals surface area (Å²) in [5.74, 6) is 0.483. The Labute approximate surface area is 177 Å². The van der Waals surface area contributed by atoms with E-state index in [1.165, 1.54) is 0 Å². The molecular formula is C22H30N4O4. The van der Waals surface area contributed by atoms with Crippen LogP contribution in [-0.4, -0.2) is 73.0 Å². The van der Waals surface area contributed by atoms with Crippen molar-refractivity contribution in [1.29, 1.82) is 0 Å². The first-order valence-electron chi connectivity index (χ1n) is 10.8. The van der Waals surface area contributed by atoms with E-state index in [4.69, 9.17) is 4.74 Å². The number of piperazine rings is 1. The zero-order valence-electron chi connectivity index (χ0n) is 17.7. The van der Waals surface area contributed by atoms with Crippen LogP contribution in [-0.2, 0) is 9.59 Å². The van der Waals surface area contributed by atoms with Crippen molar-refractivity contribution in [2.75, 3.05) is 44.7 Å². The zero-order valence-corrected chi connectivity index (χ0v) is 17.7. The van der Waals surface area contributed by atoms with Gasteiger partial charge in [-0.25, -0.2) is 4.79 Å². The highest BCUT2D eigenvalue weighted by atomic mass is 16.5. The van der Waals surface area contributed by atoms with Gasteiger partial charge in [0.15, 0.2) is 0 Å². The molecule has 0 radical (unpaired) electrons. The van der Waals surface area contributed by atoms with Gasteiger partial charge in [-0.1, -0.05) is 25.8 Å². The van der Waals surface area contributed by atoms with Crippen LogP contribution in [0.1, 0.15) is 32.6 Å². The maximum atomic E-state index is 13.1. The van der Waals surface area contributed by atoms with Gasteiger partial charge >= 0.3 is 6.03 Å². The number of imide groups is 1. The highest BCUT2D eigenvalue weighted by Gasteiger charge is 2.55. The fourth-order valence-corrected chi connectivity index (χ4v) is 4.90. The minimum Gasteiger partial charge on any atom is -0.497 e. The molecule has 2 atom stereocenters. The third kappa shape index (κ3) is 3.59. The van der Waals surface area contributed by atoms with Crippen molar-refractivity contribution in [3.05, 3.63) is 24.3 Å². The molecule has 1 spiro atoms. The van der Waals surface area contributed by atoms with E-state index in [1.807, 2.05) is 31.2 Å². The van der Waals surface area contributed by atoms with Crippen LogP contribution in [0.5, 0.6) is 5.75 Å². The van der Waals surface area contributed by atoms with E-state index in [2.05, 4.69) is 10.2 Å². The number of hydrogen-bond acceptors (Lipinski definition) is 5. The Kier molecular flexibility index (Phi) is 5.58. The van der Waals surface area contributed by atoms with E-state index in [-0.39, 0.29) is 24.3 Å². The lowest BCUT2D eigenvalue weighted by Crippen LogP contribution is -2.55. The number of urea groups is 1. The molecule has 1 N–H and O–H groups in total. The molecule has 3 fully saturated rings. The Morgan fingerprint density at radius 3 is 2.67 bits per heavy atom. The molecule has 4 amide bonds. The zero-order chi connectivity index (χ0) is 21.3. The molecular weight excluding hydrogens is 384 g/mol. The van der Waals surface area contributed by atoms with Crippen molar-refractivity contribution < 1.29 is 19.1 Å². The van der Waals surface area contributed by atoms with Crippen LogP contribution < -0.4 is 15.0 Å². The number of anilines is 1. The van der Waals surface area contributed by atoms with Gasteiger partial charge in [0.1, 0.15) is 17.8 Å². The van der Waals surface area contributed by atoms with Gasteiger partial charge in [-0.15, -0.1) is 0 Å². The summed E-state index contributed by atoms with van der Waals surface area (Å²) < 4.78 is 5.29. The van der Waals surface area contributed by atoms with Crippen molar-refractivity contribution in [1.82, 2.24) is 15.1 Å². The Balaban J connectivity index is 1.36. The molecule has 2 aliphatic heterocycles. The third-order valence-corrected chi connectivity index (χ3v) is 6.85. The maximum absolute atomic E-state index is 13.1. The average Bonchev–Trinajstić information content (AvgIpc) is 3.01. The molecule has 0 bridgehead atoms. The molecule has 3 aliphatic rings. The van der Waals surface area contributed by atoms with Crippen LogP contribution in [0.4, 0.5) is 10.5 Å². The van der Waals surface area contributed by atoms with Gasteiger partial charge in [0.05, 0.1) is 7.11 Å². The average molecular weight is 415 g/mol. The number of carbonyl (C=O) groups is 3. The second-order valence-electron chi connectivity index (χ2n) is 8.51. The summed E-state index contributed by atoms with van der Waals surface area (Å²) in [5.41, 5.74) is 0.240. The molecule has 2 heterocycles. The summed E-state index contributed by atoms with van der Waals surface area (Å²) in [6.07, 6.45) is 3.57. The summed E-state index contributed by atoms with van der Waals surface area (Å²) in [4.78, 5) is 43.5. The van der Waals surface area contributed by atoms with Gasteiger partial charge in [-0.3, -0.25) is 14.5 Å². The van der Waals surface area contributed by atoms with Crippen LogP contribution in [0.2, 0.25) is 0 Å². The summed E-state index contributed by atoms with van der Waals surface area (Å²) in [5, 5.41) is 2.91. The number of methoxy groups -OCH3 is 1. The van der Waals surface area contributed by atoms with E-state index < -0.39 is 11.6 Å². The minimum atomic E-state index is -0.819. The normalized spacial score (nSPS) is 26.9. The largest absolute Gasteiger partial charge is 0.497 e. The second kappa shape index (κ2) is 8.16. The molecule has 0 unspecified atom stereocenters. The molecule has 1 aromatic carbocycles. The summed E-state index contributed by atoms with van der Waals surface area (Å²) in [6.45, 7) is 4.33. The van der Waals surface area contributed by atoms with Crippen molar-refractivity contribution >= 4 is 23.5 Å². The summed E-state index contributed by atoms with van der Waals surface area (Å²) in [7, 11) is 1.64. The molecule has 8 heteroatoms. The fourth-order valence-electron chi connectivity index (χ4n) is 4.90. The van der Waals surface area contributed by atoms with Gasteiger partial charge < -0.3 is 19.9 Å². The molecule has 30 heavy (non-hydrogen) atoms. The molecule has 0 aromatic heterocycles. The monoisotopic (exact) mass is 414 g/mol. The number of benzene rings is 1. The Hall–Kier alpha value is -2.77. The second-order valence-corrected chi connectivity index (χ2v) is 8.51. The third-order valence-electron chi connectivity index (χ3n) is 6.85. The number of amides is 4. The lowest BCUT2D eigenvalue weighted by atomic mass is 9.73. The lowest BCUT2D eigenvalue weighted by molar-refractivity contribution is -0.140. The first-order chi connectivity index (χ1) is 14.4. The first kappa shape index (κ1) is 20.5. The van der Waals surface area contributed by atoms with Gasteiger partial charge in [0.2, 0.25) is 5.91 Å². The number of ether oxygens (including phenoxy) is 1.